The van der Waals surface area contributed by atoms with Crippen LogP contribution in [-0.4, -0.2) is 54.3 Å². The first-order valence-electron chi connectivity index (χ1n) is 12.7. The second-order valence-corrected chi connectivity index (χ2v) is 9.09. The van der Waals surface area contributed by atoms with Crippen molar-refractivity contribution in [2.75, 3.05) is 44.2 Å². The van der Waals surface area contributed by atoms with Gasteiger partial charge in [0.05, 0.1) is 6.54 Å². The average Bonchev–Trinajstić information content (AvgIpc) is 3.42. The molecule has 0 radical (unpaired) electrons. The summed E-state index contributed by atoms with van der Waals surface area (Å²) in [6.45, 7) is 7.00. The predicted octanol–water partition coefficient (Wildman–Crippen LogP) is 5.21. The lowest BCUT2D eigenvalue weighted by molar-refractivity contribution is 0.252. The lowest BCUT2D eigenvalue weighted by Gasteiger charge is -2.35. The zero-order chi connectivity index (χ0) is 24.4. The third kappa shape index (κ3) is 6.68. The Hall–Kier alpha value is -3.74. The van der Waals surface area contributed by atoms with Gasteiger partial charge in [-0.05, 0) is 42.8 Å². The lowest BCUT2D eigenvalue weighted by Crippen LogP contribution is -2.47. The monoisotopic (exact) mass is 479 g/mol. The van der Waals surface area contributed by atoms with Gasteiger partial charge in [-0.2, -0.15) is 0 Å². The highest BCUT2D eigenvalue weighted by molar-refractivity contribution is 5.71. The average molecular weight is 480 g/mol. The molecule has 0 bridgehead atoms. The normalized spacial score (nSPS) is 14.5. The Bertz CT molecular complexity index is 1210. The number of anilines is 1. The van der Waals surface area contributed by atoms with Crippen LogP contribution in [0.2, 0.25) is 0 Å². The number of rotatable bonds is 10. The molecule has 0 amide bonds. The Kier molecular flexibility index (Phi) is 8.19. The van der Waals surface area contributed by atoms with E-state index in [0.29, 0.717) is 6.54 Å². The quantitative estimate of drug-likeness (QED) is 0.249. The van der Waals surface area contributed by atoms with Crippen molar-refractivity contribution in [1.82, 2.24) is 20.4 Å². The number of pyridine rings is 1. The third-order valence-electron chi connectivity index (χ3n) is 6.51. The van der Waals surface area contributed by atoms with Crippen LogP contribution in [0.5, 0.6) is 0 Å². The van der Waals surface area contributed by atoms with Crippen LogP contribution >= 0.6 is 0 Å². The van der Waals surface area contributed by atoms with Crippen molar-refractivity contribution in [3.63, 3.8) is 0 Å². The van der Waals surface area contributed by atoms with Crippen molar-refractivity contribution in [3.05, 3.63) is 102 Å². The summed E-state index contributed by atoms with van der Waals surface area (Å²) in [6.07, 6.45) is 7.23. The summed E-state index contributed by atoms with van der Waals surface area (Å²) in [5, 5.41) is 7.76. The first-order valence-corrected chi connectivity index (χ1v) is 12.7. The van der Waals surface area contributed by atoms with E-state index in [1.807, 2.05) is 36.5 Å². The molecule has 2 aromatic heterocycles. The SMILES string of the molecule is C(=Cc1ccc(-c2cc(CNCCCN3CCN(c4ccccn4)CC3)on2)cc1)c1ccccc1. The van der Waals surface area contributed by atoms with Gasteiger partial charge in [-0.15, -0.1) is 0 Å². The predicted molar refractivity (Wildman–Crippen MR) is 147 cm³/mol. The maximum Gasteiger partial charge on any atom is 0.151 e. The van der Waals surface area contributed by atoms with Crippen LogP contribution < -0.4 is 10.2 Å². The second-order valence-electron chi connectivity index (χ2n) is 9.09. The van der Waals surface area contributed by atoms with E-state index in [4.69, 9.17) is 4.52 Å². The minimum Gasteiger partial charge on any atom is -0.359 e. The van der Waals surface area contributed by atoms with Gasteiger partial charge >= 0.3 is 0 Å². The van der Waals surface area contributed by atoms with E-state index in [1.54, 1.807) is 0 Å². The molecule has 0 aliphatic carbocycles. The van der Waals surface area contributed by atoms with Gasteiger partial charge in [0.2, 0.25) is 0 Å². The van der Waals surface area contributed by atoms with E-state index in [-0.39, 0.29) is 0 Å². The van der Waals surface area contributed by atoms with Crippen molar-refractivity contribution < 1.29 is 4.52 Å². The van der Waals surface area contributed by atoms with E-state index in [1.165, 1.54) is 5.56 Å². The fourth-order valence-corrected chi connectivity index (χ4v) is 4.43. The summed E-state index contributed by atoms with van der Waals surface area (Å²) in [5.74, 6) is 1.95. The zero-order valence-corrected chi connectivity index (χ0v) is 20.6. The highest BCUT2D eigenvalue weighted by Gasteiger charge is 2.17. The molecule has 6 nitrogen and oxygen atoms in total. The molecule has 1 saturated heterocycles. The van der Waals surface area contributed by atoms with E-state index in [9.17, 15) is 0 Å². The number of aromatic nitrogens is 2. The topological polar surface area (TPSA) is 57.4 Å². The molecule has 184 valence electrons. The molecule has 1 fully saturated rings. The summed E-state index contributed by atoms with van der Waals surface area (Å²) in [7, 11) is 0. The molecular formula is C30H33N5O. The van der Waals surface area contributed by atoms with E-state index in [0.717, 1.165) is 74.1 Å². The molecule has 6 heteroatoms. The van der Waals surface area contributed by atoms with Crippen LogP contribution in [0, 0.1) is 0 Å². The first-order chi connectivity index (χ1) is 17.8. The fraction of sp³-hybridized carbons (Fsp3) is 0.267. The molecule has 36 heavy (non-hydrogen) atoms. The maximum absolute atomic E-state index is 5.56. The van der Waals surface area contributed by atoms with Crippen molar-refractivity contribution >= 4 is 18.0 Å². The van der Waals surface area contributed by atoms with Gasteiger partial charge in [0.25, 0.3) is 0 Å². The highest BCUT2D eigenvalue weighted by Crippen LogP contribution is 2.21. The van der Waals surface area contributed by atoms with Gasteiger partial charge in [0, 0.05) is 44.0 Å². The molecule has 4 aromatic rings. The minimum absolute atomic E-state index is 0.693. The van der Waals surface area contributed by atoms with Crippen LogP contribution in [0.3, 0.4) is 0 Å². The van der Waals surface area contributed by atoms with Crippen molar-refractivity contribution in [3.8, 4) is 11.3 Å². The Balaban J connectivity index is 1.01. The van der Waals surface area contributed by atoms with Gasteiger partial charge in [-0.25, -0.2) is 4.98 Å². The minimum atomic E-state index is 0.693. The maximum atomic E-state index is 5.56. The van der Waals surface area contributed by atoms with Crippen molar-refractivity contribution in [2.45, 2.75) is 13.0 Å². The summed E-state index contributed by atoms with van der Waals surface area (Å²) < 4.78 is 5.56. The zero-order valence-electron chi connectivity index (χ0n) is 20.6. The molecule has 1 aliphatic rings. The molecule has 1 N–H and O–H groups in total. The lowest BCUT2D eigenvalue weighted by atomic mass is 10.1. The van der Waals surface area contributed by atoms with Gasteiger partial charge in [-0.1, -0.05) is 78.0 Å². The molecule has 3 heterocycles. The Morgan fingerprint density at radius 1 is 0.833 bits per heavy atom. The molecule has 1 aliphatic heterocycles. The van der Waals surface area contributed by atoms with Gasteiger partial charge in [0.15, 0.2) is 5.76 Å². The number of hydrogen-bond donors (Lipinski definition) is 1. The molecule has 0 unspecified atom stereocenters. The fourth-order valence-electron chi connectivity index (χ4n) is 4.43. The molecule has 2 aromatic carbocycles. The van der Waals surface area contributed by atoms with Crippen LogP contribution in [0.15, 0.2) is 89.6 Å². The van der Waals surface area contributed by atoms with E-state index >= 15 is 0 Å². The van der Waals surface area contributed by atoms with Crippen molar-refractivity contribution in [2.24, 2.45) is 0 Å². The number of hydrogen-bond acceptors (Lipinski definition) is 6. The van der Waals surface area contributed by atoms with Gasteiger partial charge in [-0.3, -0.25) is 4.90 Å². The summed E-state index contributed by atoms with van der Waals surface area (Å²) in [5.41, 5.74) is 4.28. The molecular weight excluding hydrogens is 446 g/mol. The Morgan fingerprint density at radius 2 is 1.58 bits per heavy atom. The second kappa shape index (κ2) is 12.3. The summed E-state index contributed by atoms with van der Waals surface area (Å²) in [6, 6.07) is 26.9. The van der Waals surface area contributed by atoms with Crippen molar-refractivity contribution in [1.29, 1.82) is 0 Å². The Labute approximate surface area is 213 Å². The number of benzene rings is 2. The van der Waals surface area contributed by atoms with Crippen LogP contribution in [0.1, 0.15) is 23.3 Å². The van der Waals surface area contributed by atoms with Gasteiger partial charge < -0.3 is 14.7 Å². The summed E-state index contributed by atoms with van der Waals surface area (Å²) >= 11 is 0. The van der Waals surface area contributed by atoms with Crippen LogP contribution in [0.25, 0.3) is 23.4 Å². The molecule has 0 atom stereocenters. The van der Waals surface area contributed by atoms with Crippen LogP contribution in [-0.2, 0) is 6.54 Å². The van der Waals surface area contributed by atoms with Crippen LogP contribution in [0.4, 0.5) is 5.82 Å². The van der Waals surface area contributed by atoms with E-state index in [2.05, 4.69) is 85.9 Å². The Morgan fingerprint density at radius 3 is 2.33 bits per heavy atom. The number of nitrogens with zero attached hydrogens (tertiary/aromatic N) is 4. The molecule has 5 rings (SSSR count). The van der Waals surface area contributed by atoms with Gasteiger partial charge in [0.1, 0.15) is 11.5 Å². The molecule has 0 spiro atoms. The standard InChI is InChI=1S/C30H33N5O/c1-2-7-25(8-3-1)10-11-26-12-14-27(15-13-26)29-23-28(36-33-29)24-31-16-6-18-34-19-21-35(22-20-34)30-9-4-5-17-32-30/h1-5,7-15,17,23,31H,6,16,18-22,24H2. The third-order valence-corrected chi connectivity index (χ3v) is 6.51. The largest absolute Gasteiger partial charge is 0.359 e. The first kappa shape index (κ1) is 24.0. The highest BCUT2D eigenvalue weighted by atomic mass is 16.5. The molecule has 0 saturated carbocycles. The number of nitrogens with one attached hydrogen (secondary N) is 1. The van der Waals surface area contributed by atoms with E-state index < -0.39 is 0 Å². The summed E-state index contributed by atoms with van der Waals surface area (Å²) in [4.78, 5) is 9.37. The smallest absolute Gasteiger partial charge is 0.151 e. The number of piperazine rings is 1.